The van der Waals surface area contributed by atoms with Gasteiger partial charge in [-0.3, -0.25) is 29.4 Å². The molecule has 2 amide bonds. The zero-order valence-corrected chi connectivity index (χ0v) is 17.8. The van der Waals surface area contributed by atoms with Crippen LogP contribution < -0.4 is 27.3 Å². The lowest BCUT2D eigenvalue weighted by Crippen LogP contribution is -2.48. The number of nitrogens with zero attached hydrogens (tertiary/aromatic N) is 1. The minimum Gasteiger partial charge on any atom is -0.324 e. The fraction of sp³-hybridized carbons (Fsp3) is 0.105. The molecule has 0 spiro atoms. The first kappa shape index (κ1) is 22.2. The molecule has 1 heterocycles. The van der Waals surface area contributed by atoms with Gasteiger partial charge in [0.25, 0.3) is 5.91 Å². The second-order valence-electron chi connectivity index (χ2n) is 6.34. The van der Waals surface area contributed by atoms with Crippen molar-refractivity contribution in [3.05, 3.63) is 54.1 Å². The number of benzene rings is 2. The number of hydrogen-bond donors (Lipinski definition) is 5. The summed E-state index contributed by atoms with van der Waals surface area (Å²) >= 11 is 4.86. The Balaban J connectivity index is 1.97. The normalized spacial score (nSPS) is 17.7. The molecule has 1 aliphatic heterocycles. The van der Waals surface area contributed by atoms with E-state index in [2.05, 4.69) is 26.6 Å². The molecule has 10 nitrogen and oxygen atoms in total. The maximum atomic E-state index is 13.1. The maximum absolute atomic E-state index is 13.1. The van der Waals surface area contributed by atoms with Crippen molar-refractivity contribution in [1.29, 1.82) is 0 Å². The first-order chi connectivity index (χ1) is 14.8. The summed E-state index contributed by atoms with van der Waals surface area (Å²) in [5, 5.41) is 7.56. The number of hydrazone groups is 1. The summed E-state index contributed by atoms with van der Waals surface area (Å²) < 4.78 is 13.1. The lowest BCUT2D eigenvalue weighted by molar-refractivity contribution is -0.116. The zero-order chi connectivity index (χ0) is 22.5. The van der Waals surface area contributed by atoms with Gasteiger partial charge in [0.15, 0.2) is 16.7 Å². The number of nitrogens with two attached hydrogens (primary N) is 1. The van der Waals surface area contributed by atoms with Crippen LogP contribution in [0.25, 0.3) is 0 Å². The third kappa shape index (κ3) is 4.99. The van der Waals surface area contributed by atoms with Crippen molar-refractivity contribution in [2.75, 3.05) is 10.6 Å². The van der Waals surface area contributed by atoms with Gasteiger partial charge in [0.2, 0.25) is 11.0 Å². The predicted octanol–water partition coefficient (Wildman–Crippen LogP) is 0.650. The van der Waals surface area contributed by atoms with Gasteiger partial charge >= 0.3 is 0 Å². The van der Waals surface area contributed by atoms with E-state index in [0.29, 0.717) is 21.8 Å². The van der Waals surface area contributed by atoms with E-state index in [0.717, 1.165) is 0 Å². The number of amides is 2. The summed E-state index contributed by atoms with van der Waals surface area (Å²) in [5.41, 5.74) is 5.18. The molecule has 2 aromatic carbocycles. The largest absolute Gasteiger partial charge is 0.324 e. The molecule has 2 aromatic rings. The average Bonchev–Trinajstić information content (AvgIpc) is 2.75. The van der Waals surface area contributed by atoms with Crippen LogP contribution in [-0.2, 0) is 20.4 Å². The van der Waals surface area contributed by atoms with Crippen LogP contribution in [0.15, 0.2) is 58.5 Å². The number of thiocarbonyl (C=S) groups is 1. The standard InChI is InChI=1S/C19H18N6O4S2/c1-10(26)11-5-4-6-12(9-11)21-17(27)15(24-25-19(30)23-20)16-18(28)22-13-7-2-3-8-14(13)31(16)29/h2-9,16H,20H2,1H3,(H,21,27)(H,22,28)(H2,23,25,30). The summed E-state index contributed by atoms with van der Waals surface area (Å²) in [6.07, 6.45) is 0. The molecule has 6 N–H and O–H groups in total. The number of para-hydroxylation sites is 1. The van der Waals surface area contributed by atoms with Gasteiger partial charge in [-0.05, 0) is 43.4 Å². The molecule has 2 unspecified atom stereocenters. The Kier molecular flexibility index (Phi) is 6.84. The first-order valence-corrected chi connectivity index (χ1v) is 10.5. The highest BCUT2D eigenvalue weighted by Crippen LogP contribution is 2.28. The Bertz CT molecular complexity index is 1130. The second kappa shape index (κ2) is 9.55. The summed E-state index contributed by atoms with van der Waals surface area (Å²) in [4.78, 5) is 37.7. The smallest absolute Gasteiger partial charge is 0.273 e. The number of carbonyl (C=O) groups is 3. The molecular weight excluding hydrogens is 440 g/mol. The summed E-state index contributed by atoms with van der Waals surface area (Å²) in [6, 6.07) is 12.8. The molecule has 0 fully saturated rings. The SMILES string of the molecule is CC(=O)c1cccc(NC(=O)C(=NNC(=S)NN)C2C(=O)Nc3ccccc3S2=O)c1. The average molecular weight is 459 g/mol. The molecule has 0 aromatic heterocycles. The van der Waals surface area contributed by atoms with E-state index in [4.69, 9.17) is 18.1 Å². The number of anilines is 2. The second-order valence-corrected chi connectivity index (χ2v) is 8.25. The van der Waals surface area contributed by atoms with Gasteiger partial charge in [-0.2, -0.15) is 5.10 Å². The molecule has 0 aliphatic carbocycles. The van der Waals surface area contributed by atoms with E-state index in [1.807, 2.05) is 0 Å². The van der Waals surface area contributed by atoms with Crippen LogP contribution in [-0.4, -0.2) is 37.9 Å². The molecule has 3 rings (SSSR count). The van der Waals surface area contributed by atoms with Crippen molar-refractivity contribution in [3.63, 3.8) is 0 Å². The van der Waals surface area contributed by atoms with Crippen LogP contribution in [0, 0.1) is 0 Å². The molecule has 0 radical (unpaired) electrons. The Labute approximate surface area is 185 Å². The van der Waals surface area contributed by atoms with Gasteiger partial charge in [0, 0.05) is 11.3 Å². The Morgan fingerprint density at radius 2 is 1.94 bits per heavy atom. The molecule has 0 bridgehead atoms. The number of Topliss-reactive ketones (excluding diaryl/α,β-unsaturated/α-hetero) is 1. The predicted molar refractivity (Wildman–Crippen MR) is 121 cm³/mol. The third-order valence-corrected chi connectivity index (χ3v) is 6.09. The van der Waals surface area contributed by atoms with Gasteiger partial charge in [-0.1, -0.05) is 24.3 Å². The maximum Gasteiger partial charge on any atom is 0.273 e. The molecule has 2 atom stereocenters. The van der Waals surface area contributed by atoms with E-state index in [1.165, 1.54) is 13.0 Å². The van der Waals surface area contributed by atoms with Crippen LogP contribution in [0.4, 0.5) is 11.4 Å². The Morgan fingerprint density at radius 3 is 2.65 bits per heavy atom. The minimum absolute atomic E-state index is 0.119. The molecule has 1 aliphatic rings. The fourth-order valence-corrected chi connectivity index (χ4v) is 4.24. The molecule has 0 saturated carbocycles. The van der Waals surface area contributed by atoms with Gasteiger partial charge in [-0.25, -0.2) is 5.84 Å². The number of ketones is 1. The minimum atomic E-state index is -1.91. The monoisotopic (exact) mass is 458 g/mol. The highest BCUT2D eigenvalue weighted by molar-refractivity contribution is 7.88. The van der Waals surface area contributed by atoms with Gasteiger partial charge in [0.05, 0.1) is 21.4 Å². The first-order valence-electron chi connectivity index (χ1n) is 8.88. The number of hydrogen-bond acceptors (Lipinski definition) is 7. The summed E-state index contributed by atoms with van der Waals surface area (Å²) in [5.74, 6) is 3.55. The van der Waals surface area contributed by atoms with Crippen molar-refractivity contribution in [1.82, 2.24) is 10.9 Å². The van der Waals surface area contributed by atoms with Gasteiger partial charge in [-0.15, -0.1) is 0 Å². The zero-order valence-electron chi connectivity index (χ0n) is 16.2. The van der Waals surface area contributed by atoms with Crippen LogP contribution in [0.3, 0.4) is 0 Å². The van der Waals surface area contributed by atoms with Crippen LogP contribution in [0.5, 0.6) is 0 Å². The van der Waals surface area contributed by atoms with E-state index in [9.17, 15) is 18.6 Å². The highest BCUT2D eigenvalue weighted by atomic mass is 32.2. The number of rotatable bonds is 5. The molecular formula is C19H18N6O4S2. The summed E-state index contributed by atoms with van der Waals surface area (Å²) in [7, 11) is -1.91. The van der Waals surface area contributed by atoms with Crippen molar-refractivity contribution in [2.24, 2.45) is 10.9 Å². The number of nitrogens with one attached hydrogen (secondary N) is 4. The van der Waals surface area contributed by atoms with Gasteiger partial charge in [0.1, 0.15) is 0 Å². The van der Waals surface area contributed by atoms with E-state index in [-0.39, 0.29) is 16.6 Å². The number of fused-ring (bicyclic) bond motifs is 1. The molecule has 31 heavy (non-hydrogen) atoms. The number of carbonyl (C=O) groups excluding carboxylic acids is 3. The van der Waals surface area contributed by atoms with Crippen molar-refractivity contribution in [2.45, 2.75) is 17.1 Å². The molecule has 0 saturated heterocycles. The van der Waals surface area contributed by atoms with Gasteiger partial charge < -0.3 is 10.6 Å². The topological polar surface area (TPSA) is 155 Å². The molecule has 160 valence electrons. The fourth-order valence-electron chi connectivity index (χ4n) is 2.78. The van der Waals surface area contributed by atoms with Crippen molar-refractivity contribution >= 4 is 62.8 Å². The van der Waals surface area contributed by atoms with Crippen LogP contribution >= 0.6 is 12.2 Å². The van der Waals surface area contributed by atoms with Crippen LogP contribution in [0.1, 0.15) is 17.3 Å². The number of hydrazine groups is 1. The summed E-state index contributed by atoms with van der Waals surface area (Å²) in [6.45, 7) is 1.39. The lowest BCUT2D eigenvalue weighted by atomic mass is 10.1. The Morgan fingerprint density at radius 1 is 1.19 bits per heavy atom. The van der Waals surface area contributed by atoms with E-state index in [1.54, 1.807) is 42.5 Å². The highest BCUT2D eigenvalue weighted by Gasteiger charge is 2.40. The molecule has 12 heteroatoms. The lowest BCUT2D eigenvalue weighted by Gasteiger charge is -2.24. The third-order valence-electron chi connectivity index (χ3n) is 4.23. The van der Waals surface area contributed by atoms with Crippen molar-refractivity contribution < 1.29 is 18.6 Å². The van der Waals surface area contributed by atoms with Crippen molar-refractivity contribution in [3.8, 4) is 0 Å². The van der Waals surface area contributed by atoms with E-state index >= 15 is 0 Å². The quantitative estimate of drug-likeness (QED) is 0.144. The van der Waals surface area contributed by atoms with Crippen LogP contribution in [0.2, 0.25) is 0 Å². The Hall–Kier alpha value is -3.48. The van der Waals surface area contributed by atoms with E-state index < -0.39 is 27.9 Å².